The largest absolute Gasteiger partial charge is 0.435 e. The Morgan fingerprint density at radius 3 is 2.62 bits per heavy atom. The molecule has 0 atom stereocenters. The van der Waals surface area contributed by atoms with Crippen LogP contribution in [0.1, 0.15) is 23.1 Å². The summed E-state index contributed by atoms with van der Waals surface area (Å²) in [5.41, 5.74) is 2.28. The summed E-state index contributed by atoms with van der Waals surface area (Å²) in [6, 6.07) is 13.4. The molecule has 0 saturated carbocycles. The molecule has 1 heterocycles. The number of aromatic nitrogens is 3. The topological polar surface area (TPSA) is 69.0 Å². The normalized spacial score (nSPS) is 10.8. The molecule has 3 aromatic rings. The van der Waals surface area contributed by atoms with E-state index in [0.29, 0.717) is 11.4 Å². The fourth-order valence-electron chi connectivity index (χ4n) is 2.40. The summed E-state index contributed by atoms with van der Waals surface area (Å²) in [6.45, 7) is -0.882. The predicted octanol–water partition coefficient (Wildman–Crippen LogP) is 3.68. The molecule has 1 aromatic heterocycles. The molecule has 0 spiro atoms. The number of carbonyl (C=O) groups is 1. The van der Waals surface area contributed by atoms with Gasteiger partial charge in [-0.3, -0.25) is 4.79 Å². The van der Waals surface area contributed by atoms with Gasteiger partial charge in [-0.2, -0.15) is 8.78 Å². The zero-order valence-corrected chi connectivity index (χ0v) is 13.9. The number of nitrogens with one attached hydrogen (secondary N) is 1. The van der Waals surface area contributed by atoms with Crippen molar-refractivity contribution >= 4 is 11.6 Å². The summed E-state index contributed by atoms with van der Waals surface area (Å²) in [6.07, 6.45) is 2.16. The summed E-state index contributed by atoms with van der Waals surface area (Å²) in [4.78, 5) is 16.4. The van der Waals surface area contributed by atoms with Gasteiger partial charge < -0.3 is 10.1 Å². The number of alkyl halides is 2. The van der Waals surface area contributed by atoms with Crippen LogP contribution in [0.15, 0.2) is 54.9 Å². The molecule has 0 saturated heterocycles. The van der Waals surface area contributed by atoms with Crippen LogP contribution in [0.25, 0.3) is 5.69 Å². The Bertz CT molecular complexity index is 894. The van der Waals surface area contributed by atoms with Crippen molar-refractivity contribution in [2.75, 3.05) is 5.32 Å². The molecule has 0 bridgehead atoms. The molecular formula is C18H16F2N4O2. The summed E-state index contributed by atoms with van der Waals surface area (Å²) in [7, 11) is 0. The van der Waals surface area contributed by atoms with E-state index in [1.165, 1.54) is 23.1 Å². The van der Waals surface area contributed by atoms with Crippen molar-refractivity contribution in [1.82, 2.24) is 14.8 Å². The first-order valence-electron chi connectivity index (χ1n) is 7.93. The molecule has 26 heavy (non-hydrogen) atoms. The standard InChI is InChI=1S/C18H16F2N4O2/c1-2-12-5-3-4-6-15(12)22-17(25)16-21-11-24(23-16)13-7-9-14(10-8-13)26-18(19)20/h3-11,18H,2H2,1H3,(H,22,25). The second kappa shape index (κ2) is 7.73. The first-order chi connectivity index (χ1) is 12.6. The van der Waals surface area contributed by atoms with E-state index in [0.717, 1.165) is 12.0 Å². The predicted molar refractivity (Wildman–Crippen MR) is 91.8 cm³/mol. The van der Waals surface area contributed by atoms with Gasteiger partial charge in [0.2, 0.25) is 5.82 Å². The van der Waals surface area contributed by atoms with Crippen molar-refractivity contribution in [3.63, 3.8) is 0 Å². The molecule has 0 aliphatic carbocycles. The maximum absolute atomic E-state index is 12.3. The van der Waals surface area contributed by atoms with Crippen molar-refractivity contribution in [1.29, 1.82) is 0 Å². The van der Waals surface area contributed by atoms with Gasteiger partial charge in [0, 0.05) is 5.69 Å². The van der Waals surface area contributed by atoms with E-state index in [4.69, 9.17) is 0 Å². The lowest BCUT2D eigenvalue weighted by atomic mass is 10.1. The third kappa shape index (κ3) is 4.02. The third-order valence-electron chi connectivity index (χ3n) is 3.67. The average molecular weight is 358 g/mol. The Balaban J connectivity index is 1.74. The lowest BCUT2D eigenvalue weighted by Crippen LogP contribution is -2.15. The monoisotopic (exact) mass is 358 g/mol. The van der Waals surface area contributed by atoms with Crippen LogP contribution in [0.4, 0.5) is 14.5 Å². The van der Waals surface area contributed by atoms with E-state index >= 15 is 0 Å². The highest BCUT2D eigenvalue weighted by Crippen LogP contribution is 2.18. The van der Waals surface area contributed by atoms with Gasteiger partial charge in [0.05, 0.1) is 5.69 Å². The number of nitrogens with zero attached hydrogens (tertiary/aromatic N) is 3. The average Bonchev–Trinajstić information content (AvgIpc) is 3.12. The Kier molecular flexibility index (Phi) is 5.21. The number of amides is 1. The Morgan fingerprint density at radius 2 is 1.92 bits per heavy atom. The van der Waals surface area contributed by atoms with Crippen molar-refractivity contribution < 1.29 is 18.3 Å². The highest BCUT2D eigenvalue weighted by Gasteiger charge is 2.14. The fraction of sp³-hybridized carbons (Fsp3) is 0.167. The highest BCUT2D eigenvalue weighted by molar-refractivity contribution is 6.01. The summed E-state index contributed by atoms with van der Waals surface area (Å²) in [5, 5.41) is 6.92. The van der Waals surface area contributed by atoms with Gasteiger partial charge in [-0.05, 0) is 42.3 Å². The number of para-hydroxylation sites is 1. The van der Waals surface area contributed by atoms with Gasteiger partial charge >= 0.3 is 6.61 Å². The number of halogens is 2. The van der Waals surface area contributed by atoms with E-state index < -0.39 is 12.5 Å². The van der Waals surface area contributed by atoms with Gasteiger partial charge in [0.15, 0.2) is 0 Å². The number of anilines is 1. The maximum Gasteiger partial charge on any atom is 0.387 e. The lowest BCUT2D eigenvalue weighted by molar-refractivity contribution is -0.0498. The van der Waals surface area contributed by atoms with Crippen molar-refractivity contribution in [3.05, 3.63) is 66.2 Å². The van der Waals surface area contributed by atoms with Gasteiger partial charge in [-0.1, -0.05) is 25.1 Å². The number of hydrogen-bond donors (Lipinski definition) is 1. The molecule has 134 valence electrons. The van der Waals surface area contributed by atoms with E-state index in [9.17, 15) is 13.6 Å². The third-order valence-corrected chi connectivity index (χ3v) is 3.67. The molecule has 0 fully saturated rings. The minimum absolute atomic E-state index is 0.00353. The summed E-state index contributed by atoms with van der Waals surface area (Å²) in [5.74, 6) is -0.385. The molecule has 6 nitrogen and oxygen atoms in total. The van der Waals surface area contributed by atoms with Crippen LogP contribution >= 0.6 is 0 Å². The molecule has 0 unspecified atom stereocenters. The second-order valence-corrected chi connectivity index (χ2v) is 5.35. The molecule has 0 aliphatic heterocycles. The summed E-state index contributed by atoms with van der Waals surface area (Å²) < 4.78 is 30.0. The molecule has 0 aliphatic rings. The SMILES string of the molecule is CCc1ccccc1NC(=O)c1ncn(-c2ccc(OC(F)F)cc2)n1. The Hall–Kier alpha value is -3.29. The molecular weight excluding hydrogens is 342 g/mol. The van der Waals surface area contributed by atoms with Crippen LogP contribution in [0.5, 0.6) is 5.75 Å². The highest BCUT2D eigenvalue weighted by atomic mass is 19.3. The van der Waals surface area contributed by atoms with Crippen molar-refractivity contribution in [2.24, 2.45) is 0 Å². The first kappa shape index (κ1) is 17.5. The zero-order chi connectivity index (χ0) is 18.5. The van der Waals surface area contributed by atoms with E-state index in [1.807, 2.05) is 31.2 Å². The molecule has 3 rings (SSSR count). The lowest BCUT2D eigenvalue weighted by Gasteiger charge is -2.07. The molecule has 1 N–H and O–H groups in total. The second-order valence-electron chi connectivity index (χ2n) is 5.35. The smallest absolute Gasteiger partial charge is 0.387 e. The van der Waals surface area contributed by atoms with Crippen LogP contribution in [0.3, 0.4) is 0 Å². The fourth-order valence-corrected chi connectivity index (χ4v) is 2.40. The van der Waals surface area contributed by atoms with Crippen LogP contribution in [-0.2, 0) is 6.42 Å². The number of benzene rings is 2. The van der Waals surface area contributed by atoms with E-state index in [2.05, 4.69) is 20.1 Å². The quantitative estimate of drug-likeness (QED) is 0.730. The first-order valence-corrected chi connectivity index (χ1v) is 7.93. The number of carbonyl (C=O) groups excluding carboxylic acids is 1. The number of aryl methyl sites for hydroxylation is 1. The maximum atomic E-state index is 12.3. The van der Waals surface area contributed by atoms with E-state index in [1.54, 1.807) is 12.1 Å². The number of hydrogen-bond acceptors (Lipinski definition) is 4. The molecule has 8 heteroatoms. The van der Waals surface area contributed by atoms with Gasteiger partial charge in [0.25, 0.3) is 5.91 Å². The van der Waals surface area contributed by atoms with Gasteiger partial charge in [-0.25, -0.2) is 9.67 Å². The summed E-state index contributed by atoms with van der Waals surface area (Å²) >= 11 is 0. The Morgan fingerprint density at radius 1 is 1.19 bits per heavy atom. The minimum atomic E-state index is -2.88. The van der Waals surface area contributed by atoms with Gasteiger partial charge in [0.1, 0.15) is 12.1 Å². The zero-order valence-electron chi connectivity index (χ0n) is 13.9. The molecule has 0 radical (unpaired) electrons. The van der Waals surface area contributed by atoms with Crippen LogP contribution in [-0.4, -0.2) is 27.3 Å². The van der Waals surface area contributed by atoms with Crippen LogP contribution < -0.4 is 10.1 Å². The minimum Gasteiger partial charge on any atom is -0.435 e. The molecule has 2 aromatic carbocycles. The van der Waals surface area contributed by atoms with Crippen LogP contribution in [0, 0.1) is 0 Å². The van der Waals surface area contributed by atoms with Gasteiger partial charge in [-0.15, -0.1) is 5.10 Å². The molecule has 1 amide bonds. The number of ether oxygens (including phenoxy) is 1. The Labute approximate surface area is 148 Å². The van der Waals surface area contributed by atoms with Crippen molar-refractivity contribution in [2.45, 2.75) is 20.0 Å². The van der Waals surface area contributed by atoms with Crippen molar-refractivity contribution in [3.8, 4) is 11.4 Å². The number of rotatable bonds is 6. The van der Waals surface area contributed by atoms with Crippen LogP contribution in [0.2, 0.25) is 0 Å². The van der Waals surface area contributed by atoms with E-state index in [-0.39, 0.29) is 11.6 Å².